The molecule has 0 amide bonds. The van der Waals surface area contributed by atoms with Crippen LogP contribution in [0.5, 0.6) is 0 Å². The van der Waals surface area contributed by atoms with Gasteiger partial charge in [0.2, 0.25) is 0 Å². The lowest BCUT2D eigenvalue weighted by Crippen LogP contribution is -2.22. The zero-order chi connectivity index (χ0) is 15.6. The van der Waals surface area contributed by atoms with Gasteiger partial charge < -0.3 is 4.74 Å². The molecule has 0 radical (unpaired) electrons. The number of carbonyl (C=O) groups is 2. The van der Waals surface area contributed by atoms with Gasteiger partial charge in [0.25, 0.3) is 0 Å². The molecule has 5 heteroatoms. The summed E-state index contributed by atoms with van der Waals surface area (Å²) in [5.74, 6) is -0.349. The highest BCUT2D eigenvalue weighted by Gasteiger charge is 2.34. The average Bonchev–Trinajstić information content (AvgIpc) is 2.89. The second-order valence-corrected chi connectivity index (χ2v) is 6.95. The molecule has 0 N–H and O–H groups in total. The maximum Gasteiger partial charge on any atom is 0.309 e. The molecule has 0 aromatic heterocycles. The Morgan fingerprint density at radius 1 is 1.43 bits per heavy atom. The molecule has 0 fully saturated rings. The van der Waals surface area contributed by atoms with E-state index in [2.05, 4.69) is 0 Å². The fourth-order valence-corrected chi connectivity index (χ4v) is 4.45. The predicted molar refractivity (Wildman–Crippen MR) is 86.7 cm³/mol. The van der Waals surface area contributed by atoms with E-state index in [-0.39, 0.29) is 23.6 Å². The van der Waals surface area contributed by atoms with E-state index in [1.807, 2.05) is 19.1 Å². The normalized spacial score (nSPS) is 18.1. The van der Waals surface area contributed by atoms with Crippen molar-refractivity contribution in [2.45, 2.75) is 39.0 Å². The van der Waals surface area contributed by atoms with Gasteiger partial charge in [0.15, 0.2) is 27.0 Å². The van der Waals surface area contributed by atoms with Crippen molar-refractivity contribution < 1.29 is 17.4 Å². The number of benzene rings is 1. The van der Waals surface area contributed by atoms with Crippen molar-refractivity contribution in [3.63, 3.8) is 0 Å². The van der Waals surface area contributed by atoms with Crippen LogP contribution in [0.25, 0.3) is 0 Å². The number of carbonyl (C=O) groups excluding carboxylic acids is 2. The third kappa shape index (κ3) is 3.07. The molecule has 21 heavy (non-hydrogen) atoms. The molecule has 2 unspecified atom stereocenters. The highest BCUT2D eigenvalue weighted by Crippen LogP contribution is 2.42. The number of aryl methyl sites for hydroxylation is 1. The number of rotatable bonds is 5. The average molecular weight is 402 g/mol. The highest BCUT2D eigenvalue weighted by molar-refractivity contribution is 14.1. The van der Waals surface area contributed by atoms with Crippen LogP contribution >= 0.6 is 21.2 Å². The molecule has 2 rings (SSSR count). The van der Waals surface area contributed by atoms with E-state index in [0.29, 0.717) is 15.6 Å². The minimum absolute atomic E-state index is 0.0693. The van der Waals surface area contributed by atoms with Gasteiger partial charge in [-0.15, -0.1) is 0 Å². The Kier molecular flexibility index (Phi) is 5.24. The number of esters is 1. The van der Waals surface area contributed by atoms with Crippen molar-refractivity contribution in [3.05, 3.63) is 32.4 Å². The maximum atomic E-state index is 11.9. The summed E-state index contributed by atoms with van der Waals surface area (Å²) in [6, 6.07) is 3.75. The van der Waals surface area contributed by atoms with Crippen LogP contribution in [0.1, 0.15) is 54.1 Å². The molecule has 0 saturated carbocycles. The number of ketones is 1. The molecular formula is C16H19IO4. The predicted octanol–water partition coefficient (Wildman–Crippen LogP) is 3.60. The number of Topliss-reactive ketones (excluding diaryl/α,β-unsaturated/α-hetero) is 1. The smallest absolute Gasteiger partial charge is 0.309 e. The molecule has 1 aliphatic carbocycles. The molecule has 1 aliphatic rings. The molecule has 0 aliphatic heterocycles. The van der Waals surface area contributed by atoms with E-state index in [9.17, 15) is 12.7 Å². The highest BCUT2D eigenvalue weighted by atomic mass is 127. The molecule has 0 spiro atoms. The molecule has 2 atom stereocenters. The van der Waals surface area contributed by atoms with Gasteiger partial charge >= 0.3 is 5.97 Å². The minimum Gasteiger partial charge on any atom is -0.469 e. The van der Waals surface area contributed by atoms with Crippen LogP contribution in [0, 0.1) is 9.49 Å². The van der Waals surface area contributed by atoms with E-state index < -0.39 is 21.2 Å². The molecule has 1 aromatic rings. The third-order valence-electron chi connectivity index (χ3n) is 4.24. The van der Waals surface area contributed by atoms with Crippen LogP contribution in [0.4, 0.5) is 0 Å². The number of ether oxygens (including phenoxy) is 1. The van der Waals surface area contributed by atoms with Crippen LogP contribution in [0.3, 0.4) is 0 Å². The van der Waals surface area contributed by atoms with Crippen LogP contribution < -0.4 is 0 Å². The standard InChI is InChI=1S/C16H19IO4/c1-4-11(16(19)21-3)12-6-5-10-7-15(17-20)13(9(2)18)8-14(10)12/h7-8,11-12H,4-6H2,1-3H3. The lowest BCUT2D eigenvalue weighted by Gasteiger charge is -2.21. The van der Waals surface area contributed by atoms with Crippen molar-refractivity contribution in [1.82, 2.24) is 0 Å². The van der Waals surface area contributed by atoms with E-state index in [1.54, 1.807) is 0 Å². The lowest BCUT2D eigenvalue weighted by molar-refractivity contribution is -0.146. The van der Waals surface area contributed by atoms with Crippen LogP contribution in [0.15, 0.2) is 12.1 Å². The van der Waals surface area contributed by atoms with Crippen molar-refractivity contribution >= 4 is 32.9 Å². The number of halogens is 1. The fourth-order valence-electron chi connectivity index (χ4n) is 3.18. The fraction of sp³-hybridized carbons (Fsp3) is 0.500. The number of fused-ring (bicyclic) bond motifs is 1. The van der Waals surface area contributed by atoms with Crippen molar-refractivity contribution in [1.29, 1.82) is 0 Å². The number of hydrogen-bond donors (Lipinski definition) is 0. The number of hydrogen-bond acceptors (Lipinski definition) is 4. The Bertz CT molecular complexity index is 594. The first-order chi connectivity index (χ1) is 10.0. The maximum absolute atomic E-state index is 11.9. The minimum atomic E-state index is -1.37. The Hall–Kier alpha value is -1.11. The Balaban J connectivity index is 2.48. The molecule has 1 aromatic carbocycles. The first kappa shape index (κ1) is 16.3. The van der Waals surface area contributed by atoms with Gasteiger partial charge in [-0.3, -0.25) is 12.7 Å². The summed E-state index contributed by atoms with van der Waals surface area (Å²) >= 11 is -1.37. The summed E-state index contributed by atoms with van der Waals surface area (Å²) in [5, 5.41) is 0. The first-order valence-corrected chi connectivity index (χ1v) is 9.02. The first-order valence-electron chi connectivity index (χ1n) is 7.06. The van der Waals surface area contributed by atoms with Gasteiger partial charge in [-0.25, -0.2) is 0 Å². The molecular weight excluding hydrogens is 383 g/mol. The van der Waals surface area contributed by atoms with Crippen molar-refractivity contribution in [3.8, 4) is 0 Å². The van der Waals surface area contributed by atoms with Crippen LogP contribution in [0.2, 0.25) is 0 Å². The van der Waals surface area contributed by atoms with Crippen molar-refractivity contribution in [2.75, 3.05) is 7.11 Å². The zero-order valence-corrected chi connectivity index (χ0v) is 14.6. The zero-order valence-electron chi connectivity index (χ0n) is 12.4. The quantitative estimate of drug-likeness (QED) is 0.429. The van der Waals surface area contributed by atoms with Gasteiger partial charge in [0.1, 0.15) is 0 Å². The molecule has 114 valence electrons. The summed E-state index contributed by atoms with van der Waals surface area (Å²) in [6.45, 7) is 3.47. The van der Waals surface area contributed by atoms with E-state index in [4.69, 9.17) is 4.74 Å². The largest absolute Gasteiger partial charge is 0.469 e. The third-order valence-corrected chi connectivity index (χ3v) is 5.61. The summed E-state index contributed by atoms with van der Waals surface area (Å²) in [4.78, 5) is 23.7. The van der Waals surface area contributed by atoms with Crippen LogP contribution in [-0.2, 0) is 19.0 Å². The van der Waals surface area contributed by atoms with E-state index >= 15 is 0 Å². The van der Waals surface area contributed by atoms with Gasteiger partial charge in [-0.05, 0) is 55.4 Å². The SMILES string of the molecule is CCC(C(=O)OC)C1CCc2cc(I=O)c(C(C)=O)cc21. The Morgan fingerprint density at radius 3 is 2.67 bits per heavy atom. The summed E-state index contributed by atoms with van der Waals surface area (Å²) in [6.07, 6.45) is 2.45. The molecule has 0 heterocycles. The van der Waals surface area contributed by atoms with Crippen LogP contribution in [-0.4, -0.2) is 18.9 Å². The van der Waals surface area contributed by atoms with Gasteiger partial charge in [-0.2, -0.15) is 0 Å². The lowest BCUT2D eigenvalue weighted by atomic mass is 9.85. The summed E-state index contributed by atoms with van der Waals surface area (Å²) in [7, 11) is 1.41. The monoisotopic (exact) mass is 402 g/mol. The molecule has 0 bridgehead atoms. The van der Waals surface area contributed by atoms with Gasteiger partial charge in [0.05, 0.1) is 16.6 Å². The molecule has 4 nitrogen and oxygen atoms in total. The summed E-state index contributed by atoms with van der Waals surface area (Å²) < 4.78 is 16.9. The van der Waals surface area contributed by atoms with Gasteiger partial charge in [-0.1, -0.05) is 6.92 Å². The Morgan fingerprint density at radius 2 is 2.14 bits per heavy atom. The molecule has 0 saturated heterocycles. The topological polar surface area (TPSA) is 60.4 Å². The second-order valence-electron chi connectivity index (χ2n) is 5.35. The summed E-state index contributed by atoms with van der Waals surface area (Å²) in [5.41, 5.74) is 2.72. The Labute approximate surface area is 134 Å². The van der Waals surface area contributed by atoms with E-state index in [1.165, 1.54) is 14.0 Å². The number of methoxy groups -OCH3 is 1. The van der Waals surface area contributed by atoms with Gasteiger partial charge in [0, 0.05) is 5.56 Å². The second kappa shape index (κ2) is 6.77. The van der Waals surface area contributed by atoms with E-state index in [0.717, 1.165) is 24.0 Å². The van der Waals surface area contributed by atoms with Crippen molar-refractivity contribution in [2.24, 2.45) is 5.92 Å².